The van der Waals surface area contributed by atoms with Gasteiger partial charge in [0.2, 0.25) is 0 Å². The molecular formula is C60H43NO2. The Bertz CT molecular complexity index is 3690. The van der Waals surface area contributed by atoms with Crippen molar-refractivity contribution in [2.75, 3.05) is 4.90 Å². The Morgan fingerprint density at radius 1 is 0.302 bits per heavy atom. The Kier molecular flexibility index (Phi) is 7.42. The maximum atomic E-state index is 6.18. The van der Waals surface area contributed by atoms with Gasteiger partial charge in [-0.1, -0.05) is 137 Å². The molecule has 0 unspecified atom stereocenters. The van der Waals surface area contributed by atoms with Crippen molar-refractivity contribution in [2.24, 2.45) is 0 Å². The van der Waals surface area contributed by atoms with Gasteiger partial charge in [0.15, 0.2) is 0 Å². The summed E-state index contributed by atoms with van der Waals surface area (Å²) in [6.45, 7) is 9.48. The van der Waals surface area contributed by atoms with Crippen LogP contribution in [0.25, 0.3) is 88.4 Å². The van der Waals surface area contributed by atoms with Gasteiger partial charge in [0, 0.05) is 49.4 Å². The lowest BCUT2D eigenvalue weighted by atomic mass is 9.81. The number of furan rings is 2. The molecule has 0 atom stereocenters. The highest BCUT2D eigenvalue weighted by molar-refractivity contribution is 6.07. The van der Waals surface area contributed by atoms with Crippen LogP contribution in [0.1, 0.15) is 49.9 Å². The van der Waals surface area contributed by atoms with Crippen LogP contribution in [0.4, 0.5) is 17.1 Å². The van der Waals surface area contributed by atoms with E-state index in [2.05, 4.69) is 196 Å². The zero-order valence-corrected chi connectivity index (χ0v) is 35.7. The van der Waals surface area contributed by atoms with Gasteiger partial charge in [0.05, 0.1) is 0 Å². The van der Waals surface area contributed by atoms with E-state index in [4.69, 9.17) is 8.83 Å². The van der Waals surface area contributed by atoms with Crippen LogP contribution >= 0.6 is 0 Å². The molecule has 300 valence electrons. The fraction of sp³-hybridized carbons (Fsp3) is 0.100. The number of nitrogens with zero attached hydrogens (tertiary/aromatic N) is 1. The number of benzene rings is 9. The molecule has 2 aromatic heterocycles. The zero-order chi connectivity index (χ0) is 42.2. The second-order valence-corrected chi connectivity index (χ2v) is 18.5. The molecule has 0 saturated carbocycles. The molecule has 3 heteroatoms. The van der Waals surface area contributed by atoms with E-state index >= 15 is 0 Å². The van der Waals surface area contributed by atoms with Crippen molar-refractivity contribution in [3.05, 3.63) is 210 Å². The normalized spacial score (nSPS) is 14.3. The molecule has 0 aliphatic heterocycles. The highest BCUT2D eigenvalue weighted by Gasteiger charge is 2.38. The molecule has 2 aliphatic rings. The topological polar surface area (TPSA) is 29.5 Å². The minimum atomic E-state index is -0.226. The summed E-state index contributed by atoms with van der Waals surface area (Å²) in [5, 5.41) is 4.57. The summed E-state index contributed by atoms with van der Waals surface area (Å²) in [6, 6.07) is 68.9. The smallest absolute Gasteiger partial charge is 0.135 e. The molecule has 0 amide bonds. The van der Waals surface area contributed by atoms with E-state index in [0.29, 0.717) is 0 Å². The zero-order valence-electron chi connectivity index (χ0n) is 35.7. The quantitative estimate of drug-likeness (QED) is 0.173. The maximum absolute atomic E-state index is 6.18. The standard InChI is InChI=1S/C60H43NO2/c1-59(2)51-14-8-5-11-43(51)45-27-24-41(34-53(45)59)61(40-22-17-36(18-23-40)37-20-29-57-49(31-37)47-12-6-9-15-55(47)62-57)42-25-28-46-44-26-19-39(33-52(44)60(3,4)54(46)35-42)38-21-30-58-50(32-38)48-13-7-10-16-56(48)63-58/h5-35H,1-4H3. The summed E-state index contributed by atoms with van der Waals surface area (Å²) in [4.78, 5) is 2.45. The fourth-order valence-electron chi connectivity index (χ4n) is 10.9. The van der Waals surface area contributed by atoms with Crippen molar-refractivity contribution in [1.82, 2.24) is 0 Å². The van der Waals surface area contributed by atoms with Crippen LogP contribution in [-0.2, 0) is 10.8 Å². The van der Waals surface area contributed by atoms with E-state index in [9.17, 15) is 0 Å². The number of fused-ring (bicyclic) bond motifs is 12. The third-order valence-corrected chi connectivity index (χ3v) is 14.3. The number of para-hydroxylation sites is 2. The summed E-state index contributed by atoms with van der Waals surface area (Å²) >= 11 is 0. The lowest BCUT2D eigenvalue weighted by Gasteiger charge is -2.30. The van der Waals surface area contributed by atoms with Crippen LogP contribution in [0, 0.1) is 0 Å². The third-order valence-electron chi connectivity index (χ3n) is 14.3. The van der Waals surface area contributed by atoms with Gasteiger partial charge in [0.25, 0.3) is 0 Å². The first-order chi connectivity index (χ1) is 30.7. The van der Waals surface area contributed by atoms with Gasteiger partial charge < -0.3 is 13.7 Å². The lowest BCUT2D eigenvalue weighted by Crippen LogP contribution is -2.18. The number of hydrogen-bond acceptors (Lipinski definition) is 3. The van der Waals surface area contributed by atoms with Gasteiger partial charge in [0.1, 0.15) is 22.3 Å². The Labute approximate surface area is 366 Å². The third kappa shape index (κ3) is 5.26. The molecule has 0 spiro atoms. The Balaban J connectivity index is 0.917. The molecule has 63 heavy (non-hydrogen) atoms. The van der Waals surface area contributed by atoms with Gasteiger partial charge in [-0.2, -0.15) is 0 Å². The Morgan fingerprint density at radius 3 is 1.30 bits per heavy atom. The Hall–Kier alpha value is -7.62. The summed E-state index contributed by atoms with van der Waals surface area (Å²) in [7, 11) is 0. The van der Waals surface area contributed by atoms with Crippen molar-refractivity contribution in [3.63, 3.8) is 0 Å². The summed E-state index contributed by atoms with van der Waals surface area (Å²) in [5.74, 6) is 0. The van der Waals surface area contributed by atoms with Crippen LogP contribution in [0.5, 0.6) is 0 Å². The molecule has 13 rings (SSSR count). The van der Waals surface area contributed by atoms with E-state index in [1.807, 2.05) is 24.3 Å². The minimum absolute atomic E-state index is 0.123. The number of anilines is 3. The first-order valence-electron chi connectivity index (χ1n) is 22.0. The van der Waals surface area contributed by atoms with Gasteiger partial charge in [-0.3, -0.25) is 0 Å². The molecule has 0 fully saturated rings. The van der Waals surface area contributed by atoms with Crippen molar-refractivity contribution < 1.29 is 8.83 Å². The molecule has 11 aromatic rings. The maximum Gasteiger partial charge on any atom is 0.135 e. The molecular weight excluding hydrogens is 767 g/mol. The average Bonchev–Trinajstić information content (AvgIpc) is 4.01. The molecule has 2 heterocycles. The highest BCUT2D eigenvalue weighted by atomic mass is 16.3. The number of rotatable bonds is 5. The SMILES string of the molecule is CC1(C)c2ccccc2-c2ccc(N(c3ccc(-c4ccc5oc6ccccc6c5c4)cc3)c3ccc4c(c3)C(C)(C)c3cc(-c5ccc6oc7ccccc7c6c5)ccc3-4)cc21. The highest BCUT2D eigenvalue weighted by Crippen LogP contribution is 2.54. The van der Waals surface area contributed by atoms with Gasteiger partial charge >= 0.3 is 0 Å². The molecule has 3 nitrogen and oxygen atoms in total. The monoisotopic (exact) mass is 809 g/mol. The summed E-state index contributed by atoms with van der Waals surface area (Å²) in [6.07, 6.45) is 0. The molecule has 0 saturated heterocycles. The molecule has 2 aliphatic carbocycles. The van der Waals surface area contributed by atoms with Crippen molar-refractivity contribution in [1.29, 1.82) is 0 Å². The van der Waals surface area contributed by atoms with E-state index in [1.54, 1.807) is 0 Å². The summed E-state index contributed by atoms with van der Waals surface area (Å²) < 4.78 is 12.3. The molecule has 0 N–H and O–H groups in total. The fourth-order valence-corrected chi connectivity index (χ4v) is 10.9. The van der Waals surface area contributed by atoms with Crippen LogP contribution in [-0.4, -0.2) is 0 Å². The van der Waals surface area contributed by atoms with Crippen LogP contribution < -0.4 is 4.90 Å². The van der Waals surface area contributed by atoms with Crippen LogP contribution in [0.15, 0.2) is 197 Å². The molecule has 0 bridgehead atoms. The number of hydrogen-bond donors (Lipinski definition) is 0. The van der Waals surface area contributed by atoms with Crippen molar-refractivity contribution in [3.8, 4) is 44.5 Å². The second kappa shape index (κ2) is 13.0. The van der Waals surface area contributed by atoms with Crippen molar-refractivity contribution >= 4 is 60.9 Å². The van der Waals surface area contributed by atoms with E-state index < -0.39 is 0 Å². The molecule has 0 radical (unpaired) electrons. The van der Waals surface area contributed by atoms with Gasteiger partial charge in [-0.05, 0) is 146 Å². The van der Waals surface area contributed by atoms with E-state index in [0.717, 1.165) is 66.5 Å². The largest absolute Gasteiger partial charge is 0.456 e. The molecule has 9 aromatic carbocycles. The van der Waals surface area contributed by atoms with Crippen LogP contribution in [0.3, 0.4) is 0 Å². The second-order valence-electron chi connectivity index (χ2n) is 18.5. The lowest BCUT2D eigenvalue weighted by molar-refractivity contribution is 0.660. The Morgan fingerprint density at radius 2 is 0.698 bits per heavy atom. The van der Waals surface area contributed by atoms with E-state index in [-0.39, 0.29) is 10.8 Å². The predicted octanol–water partition coefficient (Wildman–Crippen LogP) is 16.9. The van der Waals surface area contributed by atoms with Gasteiger partial charge in [-0.15, -0.1) is 0 Å². The van der Waals surface area contributed by atoms with Gasteiger partial charge in [-0.25, -0.2) is 0 Å². The summed E-state index contributed by atoms with van der Waals surface area (Å²) in [5.41, 5.74) is 22.1. The van der Waals surface area contributed by atoms with Crippen molar-refractivity contribution in [2.45, 2.75) is 38.5 Å². The minimum Gasteiger partial charge on any atom is -0.456 e. The predicted molar refractivity (Wildman–Crippen MR) is 262 cm³/mol. The van der Waals surface area contributed by atoms with E-state index in [1.165, 1.54) is 61.2 Å². The first kappa shape index (κ1) is 36.1. The van der Waals surface area contributed by atoms with Crippen LogP contribution in [0.2, 0.25) is 0 Å². The average molecular weight is 810 g/mol. The first-order valence-corrected chi connectivity index (χ1v) is 22.0.